The van der Waals surface area contributed by atoms with E-state index in [1.165, 1.54) is 0 Å². The molecular formula is C13H22N2O4. The van der Waals surface area contributed by atoms with Crippen molar-refractivity contribution >= 4 is 12.0 Å². The summed E-state index contributed by atoms with van der Waals surface area (Å²) >= 11 is 0. The molecule has 0 aliphatic carbocycles. The summed E-state index contributed by atoms with van der Waals surface area (Å²) in [6, 6.07) is 0.0355. The number of hydrogen-bond acceptors (Lipinski definition) is 3. The molecule has 0 bridgehead atoms. The average Bonchev–Trinajstić information content (AvgIpc) is 2.97. The Labute approximate surface area is 113 Å². The molecule has 6 nitrogen and oxygen atoms in total. The fraction of sp³-hybridized carbons (Fsp3) is 0.846. The largest absolute Gasteiger partial charge is 0.481 e. The Kier molecular flexibility index (Phi) is 4.63. The summed E-state index contributed by atoms with van der Waals surface area (Å²) in [6.45, 7) is 2.88. The number of carbonyl (C=O) groups excluding carboxylic acids is 1. The number of carbonyl (C=O) groups is 2. The number of carboxylic acids is 1. The summed E-state index contributed by atoms with van der Waals surface area (Å²) in [7, 11) is 0. The van der Waals surface area contributed by atoms with Crippen LogP contribution in [0.1, 0.15) is 25.7 Å². The van der Waals surface area contributed by atoms with Crippen LogP contribution < -0.4 is 0 Å². The van der Waals surface area contributed by atoms with Gasteiger partial charge in [0.25, 0.3) is 0 Å². The van der Waals surface area contributed by atoms with Gasteiger partial charge in [-0.25, -0.2) is 4.79 Å². The molecule has 2 aliphatic rings. The Morgan fingerprint density at radius 3 is 2.21 bits per heavy atom. The Bertz CT molecular complexity index is 348. The van der Waals surface area contributed by atoms with E-state index in [2.05, 4.69) is 0 Å². The Morgan fingerprint density at radius 2 is 1.63 bits per heavy atom. The number of hydrogen-bond donors (Lipinski definition) is 2. The van der Waals surface area contributed by atoms with Crippen LogP contribution in [0.2, 0.25) is 0 Å². The molecule has 2 atom stereocenters. The second-order valence-corrected chi connectivity index (χ2v) is 5.59. The molecule has 2 fully saturated rings. The molecule has 2 aliphatic heterocycles. The first-order valence-electron chi connectivity index (χ1n) is 6.96. The maximum Gasteiger partial charge on any atom is 0.320 e. The molecule has 0 radical (unpaired) electrons. The van der Waals surface area contributed by atoms with Crippen LogP contribution in [0.5, 0.6) is 0 Å². The molecular weight excluding hydrogens is 248 g/mol. The quantitative estimate of drug-likeness (QED) is 0.784. The minimum atomic E-state index is -0.788. The van der Waals surface area contributed by atoms with Crippen LogP contribution >= 0.6 is 0 Å². The van der Waals surface area contributed by atoms with E-state index in [1.807, 2.05) is 4.90 Å². The van der Waals surface area contributed by atoms with Crippen LogP contribution in [0.15, 0.2) is 0 Å². The number of carboxylic acid groups (broad SMARTS) is 1. The van der Waals surface area contributed by atoms with Gasteiger partial charge in [-0.05, 0) is 31.1 Å². The van der Waals surface area contributed by atoms with E-state index in [0.29, 0.717) is 19.0 Å². The monoisotopic (exact) mass is 270 g/mol. The molecule has 0 aromatic carbocycles. The fourth-order valence-corrected chi connectivity index (χ4v) is 3.04. The van der Waals surface area contributed by atoms with Crippen molar-refractivity contribution in [3.05, 3.63) is 0 Å². The number of rotatable bonds is 4. The highest BCUT2D eigenvalue weighted by Crippen LogP contribution is 2.24. The molecule has 2 rings (SSSR count). The van der Waals surface area contributed by atoms with Gasteiger partial charge in [0, 0.05) is 39.2 Å². The molecule has 108 valence electrons. The molecule has 0 aromatic rings. The second kappa shape index (κ2) is 6.23. The van der Waals surface area contributed by atoms with Crippen molar-refractivity contribution in [2.45, 2.75) is 25.7 Å². The minimum Gasteiger partial charge on any atom is -0.481 e. The number of nitrogens with zero attached hydrogens (tertiary/aromatic N) is 2. The Morgan fingerprint density at radius 1 is 1.05 bits per heavy atom. The van der Waals surface area contributed by atoms with Gasteiger partial charge >= 0.3 is 12.0 Å². The molecule has 0 saturated carbocycles. The lowest BCUT2D eigenvalue weighted by atomic mass is 10.1. The number of aliphatic hydroxyl groups is 1. The van der Waals surface area contributed by atoms with Crippen LogP contribution in [0.3, 0.4) is 0 Å². The van der Waals surface area contributed by atoms with Crippen molar-refractivity contribution in [3.8, 4) is 0 Å². The zero-order valence-corrected chi connectivity index (χ0v) is 11.1. The molecule has 0 aromatic heterocycles. The summed E-state index contributed by atoms with van der Waals surface area (Å²) < 4.78 is 0. The molecule has 0 spiro atoms. The van der Waals surface area contributed by atoms with E-state index in [-0.39, 0.29) is 25.0 Å². The van der Waals surface area contributed by atoms with E-state index in [1.54, 1.807) is 4.90 Å². The third-order valence-corrected chi connectivity index (χ3v) is 4.11. The molecule has 2 heterocycles. The summed E-state index contributed by atoms with van der Waals surface area (Å²) in [4.78, 5) is 26.5. The number of urea groups is 1. The second-order valence-electron chi connectivity index (χ2n) is 5.59. The van der Waals surface area contributed by atoms with Gasteiger partial charge in [0.15, 0.2) is 0 Å². The standard InChI is InChI=1S/C13H22N2O4/c16-6-3-10-1-4-14(8-10)13(19)15-5-2-11(9-15)7-12(17)18/h10-11,16H,1-9H2,(H,17,18). The smallest absolute Gasteiger partial charge is 0.320 e. The molecule has 2 unspecified atom stereocenters. The average molecular weight is 270 g/mol. The molecule has 2 N–H and O–H groups in total. The van der Waals surface area contributed by atoms with Crippen molar-refractivity contribution in [1.29, 1.82) is 0 Å². The molecule has 2 saturated heterocycles. The lowest BCUT2D eigenvalue weighted by Crippen LogP contribution is -2.41. The highest BCUT2D eigenvalue weighted by atomic mass is 16.4. The first-order valence-corrected chi connectivity index (χ1v) is 6.96. The number of aliphatic hydroxyl groups excluding tert-OH is 1. The van der Waals surface area contributed by atoms with Crippen LogP contribution in [-0.4, -0.2) is 64.8 Å². The minimum absolute atomic E-state index is 0.0355. The zero-order chi connectivity index (χ0) is 13.8. The molecule has 19 heavy (non-hydrogen) atoms. The van der Waals surface area contributed by atoms with Gasteiger partial charge in [-0.1, -0.05) is 0 Å². The van der Waals surface area contributed by atoms with Gasteiger partial charge in [-0.2, -0.15) is 0 Å². The van der Waals surface area contributed by atoms with E-state index in [0.717, 1.165) is 32.4 Å². The van der Waals surface area contributed by atoms with Gasteiger partial charge in [0.1, 0.15) is 0 Å². The zero-order valence-electron chi connectivity index (χ0n) is 11.1. The summed E-state index contributed by atoms with van der Waals surface area (Å²) in [5.74, 6) is -0.285. The van der Waals surface area contributed by atoms with Crippen molar-refractivity contribution < 1.29 is 19.8 Å². The van der Waals surface area contributed by atoms with Crippen LogP contribution in [0.25, 0.3) is 0 Å². The van der Waals surface area contributed by atoms with Gasteiger partial charge in [-0.15, -0.1) is 0 Å². The van der Waals surface area contributed by atoms with E-state index in [9.17, 15) is 9.59 Å². The first kappa shape index (κ1) is 14.1. The highest BCUT2D eigenvalue weighted by molar-refractivity contribution is 5.75. The van der Waals surface area contributed by atoms with Gasteiger partial charge in [0.2, 0.25) is 0 Å². The third-order valence-electron chi connectivity index (χ3n) is 4.11. The Balaban J connectivity index is 1.80. The number of aliphatic carboxylic acids is 1. The topological polar surface area (TPSA) is 81.1 Å². The van der Waals surface area contributed by atoms with E-state index >= 15 is 0 Å². The van der Waals surface area contributed by atoms with E-state index in [4.69, 9.17) is 10.2 Å². The first-order chi connectivity index (χ1) is 9.10. The molecule has 6 heteroatoms. The SMILES string of the molecule is O=C(O)CC1CCN(C(=O)N2CCC(CCO)C2)C1. The lowest BCUT2D eigenvalue weighted by Gasteiger charge is -2.24. The van der Waals surface area contributed by atoms with Crippen molar-refractivity contribution in [3.63, 3.8) is 0 Å². The fourth-order valence-electron chi connectivity index (χ4n) is 3.04. The molecule has 2 amide bonds. The summed E-state index contributed by atoms with van der Waals surface area (Å²) in [5, 5.41) is 17.7. The maximum absolute atomic E-state index is 12.3. The third kappa shape index (κ3) is 3.59. The van der Waals surface area contributed by atoms with Crippen molar-refractivity contribution in [1.82, 2.24) is 9.80 Å². The van der Waals surface area contributed by atoms with Gasteiger partial charge in [-0.3, -0.25) is 4.79 Å². The lowest BCUT2D eigenvalue weighted by molar-refractivity contribution is -0.138. The summed E-state index contributed by atoms with van der Waals surface area (Å²) in [6.07, 6.45) is 2.65. The van der Waals surface area contributed by atoms with Crippen LogP contribution in [-0.2, 0) is 4.79 Å². The van der Waals surface area contributed by atoms with Crippen LogP contribution in [0, 0.1) is 11.8 Å². The normalized spacial score (nSPS) is 27.0. The van der Waals surface area contributed by atoms with Gasteiger partial charge < -0.3 is 20.0 Å². The predicted molar refractivity (Wildman–Crippen MR) is 68.7 cm³/mol. The Hall–Kier alpha value is -1.30. The summed E-state index contributed by atoms with van der Waals surface area (Å²) in [5.41, 5.74) is 0. The predicted octanol–water partition coefficient (Wildman–Crippen LogP) is 0.607. The van der Waals surface area contributed by atoms with Crippen molar-refractivity contribution in [2.75, 3.05) is 32.8 Å². The maximum atomic E-state index is 12.3. The van der Waals surface area contributed by atoms with E-state index < -0.39 is 5.97 Å². The van der Waals surface area contributed by atoms with Gasteiger partial charge in [0.05, 0.1) is 0 Å². The van der Waals surface area contributed by atoms with Crippen LogP contribution in [0.4, 0.5) is 4.79 Å². The number of likely N-dealkylation sites (tertiary alicyclic amines) is 2. The number of amides is 2. The van der Waals surface area contributed by atoms with Crippen molar-refractivity contribution in [2.24, 2.45) is 11.8 Å². The highest BCUT2D eigenvalue weighted by Gasteiger charge is 2.33.